The van der Waals surface area contributed by atoms with Crippen LogP contribution in [0.15, 0.2) is 42.7 Å². The van der Waals surface area contributed by atoms with E-state index in [4.69, 9.17) is 4.74 Å². The molecule has 0 aliphatic heterocycles. The summed E-state index contributed by atoms with van der Waals surface area (Å²) in [5.41, 5.74) is 2.26. The lowest BCUT2D eigenvalue weighted by atomic mass is 10.3. The lowest BCUT2D eigenvalue weighted by molar-refractivity contribution is 0.458. The van der Waals surface area contributed by atoms with Crippen LogP contribution in [0.2, 0.25) is 0 Å². The maximum Gasteiger partial charge on any atom is 0.229 e. The van der Waals surface area contributed by atoms with Gasteiger partial charge in [0, 0.05) is 24.1 Å². The van der Waals surface area contributed by atoms with E-state index in [1.54, 1.807) is 49.6 Å². The predicted molar refractivity (Wildman–Crippen MR) is 110 cm³/mol. The van der Waals surface area contributed by atoms with E-state index in [2.05, 4.69) is 30.0 Å². The Labute approximate surface area is 169 Å². The van der Waals surface area contributed by atoms with E-state index in [1.165, 1.54) is 0 Å². The number of aromatic nitrogens is 4. The molecule has 0 aliphatic rings. The van der Waals surface area contributed by atoms with Crippen molar-refractivity contribution in [3.8, 4) is 11.6 Å². The predicted octanol–water partition coefficient (Wildman–Crippen LogP) is 2.91. The Morgan fingerprint density at radius 3 is 2.38 bits per heavy atom. The molecular formula is C19H22N6O3S. The molecule has 2 N–H and O–H groups in total. The monoisotopic (exact) mass is 414 g/mol. The molecule has 0 saturated carbocycles. The van der Waals surface area contributed by atoms with Crippen LogP contribution in [0.3, 0.4) is 0 Å². The molecule has 152 valence electrons. The van der Waals surface area contributed by atoms with Gasteiger partial charge in [-0.2, -0.15) is 4.98 Å². The zero-order valence-electron chi connectivity index (χ0n) is 16.4. The molecular weight excluding hydrogens is 392 g/mol. The highest BCUT2D eigenvalue weighted by molar-refractivity contribution is 7.92. The lowest BCUT2D eigenvalue weighted by Crippen LogP contribution is -2.09. The van der Waals surface area contributed by atoms with Gasteiger partial charge in [0.1, 0.15) is 11.6 Å². The standard InChI is InChI=1S/C19H22N6O3S/c1-4-14-10-20-19(21-11-14)22-12-16-9-18(24-13(2)23-16)28-17-7-5-15(6-8-17)25-29(3,26)27/h5-11,25H,4,12H2,1-3H3,(H,20,21,22). The number of benzene rings is 1. The van der Waals surface area contributed by atoms with Gasteiger partial charge in [0.05, 0.1) is 18.5 Å². The fourth-order valence-corrected chi connectivity index (χ4v) is 3.03. The molecule has 9 nitrogen and oxygen atoms in total. The minimum absolute atomic E-state index is 0.389. The van der Waals surface area contributed by atoms with Crippen LogP contribution in [0.5, 0.6) is 11.6 Å². The third-order valence-electron chi connectivity index (χ3n) is 3.79. The number of sulfonamides is 1. The van der Waals surface area contributed by atoms with Gasteiger partial charge in [-0.1, -0.05) is 6.92 Å². The first-order valence-corrected chi connectivity index (χ1v) is 10.8. The van der Waals surface area contributed by atoms with Gasteiger partial charge in [0.2, 0.25) is 21.9 Å². The molecule has 0 radical (unpaired) electrons. The van der Waals surface area contributed by atoms with Crippen molar-refractivity contribution < 1.29 is 13.2 Å². The van der Waals surface area contributed by atoms with Crippen molar-refractivity contribution in [2.75, 3.05) is 16.3 Å². The number of nitrogens with one attached hydrogen (secondary N) is 2. The summed E-state index contributed by atoms with van der Waals surface area (Å²) in [6, 6.07) is 8.27. The van der Waals surface area contributed by atoms with Crippen molar-refractivity contribution in [3.63, 3.8) is 0 Å². The van der Waals surface area contributed by atoms with Crippen LogP contribution in [0.4, 0.5) is 11.6 Å². The molecule has 0 amide bonds. The summed E-state index contributed by atoms with van der Waals surface area (Å²) >= 11 is 0. The van der Waals surface area contributed by atoms with Gasteiger partial charge in [-0.3, -0.25) is 4.72 Å². The number of anilines is 2. The van der Waals surface area contributed by atoms with E-state index in [0.717, 1.165) is 23.9 Å². The second kappa shape index (κ2) is 8.82. The molecule has 1 aromatic carbocycles. The van der Waals surface area contributed by atoms with Gasteiger partial charge in [-0.25, -0.2) is 23.4 Å². The molecule has 2 heterocycles. The maximum absolute atomic E-state index is 11.3. The molecule has 0 saturated heterocycles. The fourth-order valence-electron chi connectivity index (χ4n) is 2.47. The molecule has 2 aromatic heterocycles. The Bertz CT molecular complexity index is 1070. The molecule has 0 bridgehead atoms. The van der Waals surface area contributed by atoms with Crippen LogP contribution in [0, 0.1) is 6.92 Å². The van der Waals surface area contributed by atoms with Crippen LogP contribution in [0.1, 0.15) is 24.0 Å². The van der Waals surface area contributed by atoms with Gasteiger partial charge in [0.25, 0.3) is 0 Å². The zero-order valence-corrected chi connectivity index (χ0v) is 17.2. The Kier molecular flexibility index (Phi) is 6.23. The smallest absolute Gasteiger partial charge is 0.229 e. The summed E-state index contributed by atoms with van der Waals surface area (Å²) in [6.45, 7) is 4.25. The van der Waals surface area contributed by atoms with Crippen molar-refractivity contribution in [3.05, 3.63) is 59.8 Å². The van der Waals surface area contributed by atoms with Crippen molar-refractivity contribution in [2.45, 2.75) is 26.8 Å². The minimum Gasteiger partial charge on any atom is -0.439 e. The molecule has 3 aromatic rings. The number of nitrogens with zero attached hydrogens (tertiary/aromatic N) is 4. The Morgan fingerprint density at radius 2 is 1.76 bits per heavy atom. The number of rotatable bonds is 8. The van der Waals surface area contributed by atoms with E-state index in [0.29, 0.717) is 35.6 Å². The first kappa shape index (κ1) is 20.5. The lowest BCUT2D eigenvalue weighted by Gasteiger charge is -2.10. The quantitative estimate of drug-likeness (QED) is 0.577. The van der Waals surface area contributed by atoms with Gasteiger partial charge in [-0.05, 0) is 43.2 Å². The second-order valence-electron chi connectivity index (χ2n) is 6.37. The van der Waals surface area contributed by atoms with Crippen LogP contribution >= 0.6 is 0 Å². The molecule has 0 atom stereocenters. The summed E-state index contributed by atoms with van der Waals surface area (Å²) < 4.78 is 30.7. The van der Waals surface area contributed by atoms with E-state index in [1.807, 2.05) is 6.92 Å². The Hall–Kier alpha value is -3.27. The molecule has 0 aliphatic carbocycles. The first-order chi connectivity index (χ1) is 13.8. The van der Waals surface area contributed by atoms with Crippen LogP contribution in [-0.2, 0) is 23.0 Å². The number of hydrogen-bond donors (Lipinski definition) is 2. The number of ether oxygens (including phenoxy) is 1. The SMILES string of the molecule is CCc1cnc(NCc2cc(Oc3ccc(NS(C)(=O)=O)cc3)nc(C)n2)nc1. The topological polar surface area (TPSA) is 119 Å². The fraction of sp³-hybridized carbons (Fsp3) is 0.263. The zero-order chi connectivity index (χ0) is 20.9. The van der Waals surface area contributed by atoms with E-state index < -0.39 is 10.0 Å². The normalized spacial score (nSPS) is 11.1. The summed E-state index contributed by atoms with van der Waals surface area (Å²) in [5, 5.41) is 3.13. The van der Waals surface area contributed by atoms with Gasteiger partial charge < -0.3 is 10.1 Å². The molecule has 0 spiro atoms. The molecule has 3 rings (SSSR count). The molecule has 0 unspecified atom stereocenters. The van der Waals surface area contributed by atoms with Crippen LogP contribution in [-0.4, -0.2) is 34.6 Å². The summed E-state index contributed by atoms with van der Waals surface area (Å²) in [4.78, 5) is 17.2. The average molecular weight is 414 g/mol. The Balaban J connectivity index is 1.66. The van der Waals surface area contributed by atoms with E-state index >= 15 is 0 Å². The van der Waals surface area contributed by atoms with Crippen LogP contribution in [0.25, 0.3) is 0 Å². The molecule has 29 heavy (non-hydrogen) atoms. The number of hydrogen-bond acceptors (Lipinski definition) is 8. The van der Waals surface area contributed by atoms with Gasteiger partial charge in [-0.15, -0.1) is 0 Å². The Morgan fingerprint density at radius 1 is 1.07 bits per heavy atom. The summed E-state index contributed by atoms with van der Waals surface area (Å²) in [7, 11) is -3.32. The van der Waals surface area contributed by atoms with E-state index in [-0.39, 0.29) is 0 Å². The largest absolute Gasteiger partial charge is 0.439 e. The number of aryl methyl sites for hydroxylation is 2. The highest BCUT2D eigenvalue weighted by atomic mass is 32.2. The second-order valence-corrected chi connectivity index (χ2v) is 8.12. The third kappa shape index (κ3) is 6.39. The van der Waals surface area contributed by atoms with Crippen molar-refractivity contribution in [2.24, 2.45) is 0 Å². The molecule has 10 heteroatoms. The van der Waals surface area contributed by atoms with Crippen molar-refractivity contribution in [1.82, 2.24) is 19.9 Å². The average Bonchev–Trinajstić information content (AvgIpc) is 2.67. The van der Waals surface area contributed by atoms with Crippen LogP contribution < -0.4 is 14.8 Å². The summed E-state index contributed by atoms with van der Waals surface area (Å²) in [6.07, 6.45) is 5.56. The van der Waals surface area contributed by atoms with Crippen molar-refractivity contribution >= 4 is 21.7 Å². The van der Waals surface area contributed by atoms with Gasteiger partial charge >= 0.3 is 0 Å². The highest BCUT2D eigenvalue weighted by Gasteiger charge is 2.07. The van der Waals surface area contributed by atoms with Gasteiger partial charge in [0.15, 0.2) is 0 Å². The third-order valence-corrected chi connectivity index (χ3v) is 4.40. The highest BCUT2D eigenvalue weighted by Crippen LogP contribution is 2.22. The minimum atomic E-state index is -3.32. The van der Waals surface area contributed by atoms with E-state index in [9.17, 15) is 8.42 Å². The molecule has 0 fully saturated rings. The summed E-state index contributed by atoms with van der Waals surface area (Å²) in [5.74, 6) is 2.01. The first-order valence-electron chi connectivity index (χ1n) is 8.96. The maximum atomic E-state index is 11.3. The van der Waals surface area contributed by atoms with Crippen molar-refractivity contribution in [1.29, 1.82) is 0 Å².